The minimum absolute atomic E-state index is 0.242. The van der Waals surface area contributed by atoms with E-state index in [2.05, 4.69) is 187 Å². The predicted octanol–water partition coefficient (Wildman–Crippen LogP) is 14.3. The molecule has 2 heteroatoms. The first-order valence-electron chi connectivity index (χ1n) is 19.0. The van der Waals surface area contributed by atoms with Crippen LogP contribution in [0.3, 0.4) is 0 Å². The lowest BCUT2D eigenvalue weighted by Crippen LogP contribution is -1.98. The first-order chi connectivity index (χ1) is 27.3. The summed E-state index contributed by atoms with van der Waals surface area (Å²) in [5, 5.41) is 7.23. The summed E-state index contributed by atoms with van der Waals surface area (Å²) in [6.07, 6.45) is 0. The van der Waals surface area contributed by atoms with Gasteiger partial charge in [0.1, 0.15) is 11.2 Å². The highest BCUT2D eigenvalue weighted by molar-refractivity contribution is 6.12. The number of furan rings is 1. The lowest BCUT2D eigenvalue weighted by Gasteiger charge is -2.15. The van der Waals surface area contributed by atoms with Crippen LogP contribution in [0.4, 0.5) is 0 Å². The summed E-state index contributed by atoms with van der Waals surface area (Å²) >= 11 is 0. The predicted molar refractivity (Wildman–Crippen MR) is 229 cm³/mol. The monoisotopic (exact) mass is 699 g/mol. The van der Waals surface area contributed by atoms with E-state index >= 15 is 0 Å². The zero-order chi connectivity index (χ0) is 36.0. The second kappa shape index (κ2) is 11.7. The Morgan fingerprint density at radius 3 is 1.95 bits per heavy atom. The van der Waals surface area contributed by atoms with Gasteiger partial charge in [-0.25, -0.2) is 0 Å². The van der Waals surface area contributed by atoms with Crippen molar-refractivity contribution < 1.29 is 4.42 Å². The van der Waals surface area contributed by atoms with E-state index < -0.39 is 0 Å². The molecule has 256 valence electrons. The minimum atomic E-state index is 0.242. The lowest BCUT2D eigenvalue weighted by atomic mass is 9.89. The first-order valence-corrected chi connectivity index (χ1v) is 19.0. The number of aromatic nitrogens is 1. The smallest absolute Gasteiger partial charge is 0.135 e. The molecule has 55 heavy (non-hydrogen) atoms. The number of fused-ring (bicyclic) bond motifs is 10. The highest BCUT2D eigenvalue weighted by Crippen LogP contribution is 2.49. The summed E-state index contributed by atoms with van der Waals surface area (Å²) in [5.74, 6) is 0.242. The number of nitrogens with zero attached hydrogens (tertiary/aromatic N) is 1. The van der Waals surface area contributed by atoms with Gasteiger partial charge in [-0.3, -0.25) is 0 Å². The van der Waals surface area contributed by atoms with Gasteiger partial charge in [0.2, 0.25) is 0 Å². The minimum Gasteiger partial charge on any atom is -0.456 e. The molecule has 12 rings (SSSR count). The quantitative estimate of drug-likeness (QED) is 0.179. The summed E-state index contributed by atoms with van der Waals surface area (Å²) in [7, 11) is 0. The summed E-state index contributed by atoms with van der Waals surface area (Å²) in [4.78, 5) is 0. The van der Waals surface area contributed by atoms with E-state index in [4.69, 9.17) is 4.42 Å². The summed E-state index contributed by atoms with van der Waals surface area (Å²) in [6.45, 7) is 0. The van der Waals surface area contributed by atoms with Gasteiger partial charge in [0.25, 0.3) is 0 Å². The Balaban J connectivity index is 1.00. The van der Waals surface area contributed by atoms with E-state index in [1.54, 1.807) is 0 Å². The van der Waals surface area contributed by atoms with Gasteiger partial charge in [-0.1, -0.05) is 146 Å². The second-order valence-electron chi connectivity index (χ2n) is 14.8. The van der Waals surface area contributed by atoms with Crippen molar-refractivity contribution in [1.29, 1.82) is 0 Å². The molecular formula is C53H33NO. The number of hydrogen-bond donors (Lipinski definition) is 0. The zero-order valence-electron chi connectivity index (χ0n) is 29.9. The molecule has 0 amide bonds. The second-order valence-corrected chi connectivity index (χ2v) is 14.8. The number of rotatable bonds is 4. The molecule has 0 fully saturated rings. The van der Waals surface area contributed by atoms with Crippen molar-refractivity contribution in [1.82, 2.24) is 4.57 Å². The molecule has 0 radical (unpaired) electrons. The van der Waals surface area contributed by atoms with Crippen molar-refractivity contribution in [3.05, 3.63) is 211 Å². The van der Waals surface area contributed by atoms with Gasteiger partial charge >= 0.3 is 0 Å². The van der Waals surface area contributed by atoms with Crippen LogP contribution in [0.1, 0.15) is 22.6 Å². The van der Waals surface area contributed by atoms with Crippen molar-refractivity contribution >= 4 is 54.5 Å². The average molecular weight is 700 g/mol. The molecule has 1 unspecified atom stereocenters. The van der Waals surface area contributed by atoms with Crippen molar-refractivity contribution in [2.24, 2.45) is 0 Å². The first kappa shape index (κ1) is 30.3. The third-order valence-electron chi connectivity index (χ3n) is 11.9. The molecule has 0 bridgehead atoms. The normalized spacial score (nSPS) is 13.6. The van der Waals surface area contributed by atoms with Crippen LogP contribution in [-0.4, -0.2) is 4.57 Å². The van der Waals surface area contributed by atoms with Gasteiger partial charge in [0.05, 0.1) is 16.7 Å². The lowest BCUT2D eigenvalue weighted by molar-refractivity contribution is 0.669. The van der Waals surface area contributed by atoms with E-state index in [0.717, 1.165) is 21.9 Å². The van der Waals surface area contributed by atoms with Gasteiger partial charge in [-0.05, 0) is 104 Å². The molecule has 0 saturated heterocycles. The molecule has 1 aliphatic carbocycles. The van der Waals surface area contributed by atoms with Crippen molar-refractivity contribution in [2.75, 3.05) is 0 Å². The van der Waals surface area contributed by atoms with Crippen LogP contribution >= 0.6 is 0 Å². The Bertz CT molecular complexity index is 3330. The molecule has 0 N–H and O–H groups in total. The zero-order valence-corrected chi connectivity index (χ0v) is 29.9. The summed E-state index contributed by atoms with van der Waals surface area (Å²) in [6, 6.07) is 71.1. The Kier molecular flexibility index (Phi) is 6.43. The third-order valence-corrected chi connectivity index (χ3v) is 11.9. The molecule has 2 nitrogen and oxygen atoms in total. The summed E-state index contributed by atoms with van der Waals surface area (Å²) in [5.41, 5.74) is 17.0. The highest BCUT2D eigenvalue weighted by Gasteiger charge is 2.30. The molecule has 9 aromatic carbocycles. The number of hydrogen-bond acceptors (Lipinski definition) is 1. The molecule has 2 heterocycles. The average Bonchev–Trinajstić information content (AvgIpc) is 3.90. The van der Waals surface area contributed by atoms with Gasteiger partial charge in [-0.15, -0.1) is 0 Å². The standard InChI is InChI=1S/C53H33NO/c1-2-11-33(12-3-1)53-44-17-5-4-14-40(44)46-30-35(23-27-45(46)53)37-22-26-42-41-15-6-8-18-49(41)54(50(42)32-37)48-19-10-13-38-29-34(21-25-39(38)48)36-24-28-52-47(31-36)43-16-7-9-20-51(43)55-52/h1-32,53H. The van der Waals surface area contributed by atoms with Crippen LogP contribution in [0.2, 0.25) is 0 Å². The molecule has 11 aromatic rings. The van der Waals surface area contributed by atoms with E-state index in [1.165, 1.54) is 88.3 Å². The van der Waals surface area contributed by atoms with Crippen LogP contribution < -0.4 is 0 Å². The van der Waals surface area contributed by atoms with Gasteiger partial charge in [0, 0.05) is 32.8 Å². The van der Waals surface area contributed by atoms with Crippen molar-refractivity contribution in [2.45, 2.75) is 5.92 Å². The maximum atomic E-state index is 6.13. The van der Waals surface area contributed by atoms with Crippen LogP contribution in [0, 0.1) is 0 Å². The fourth-order valence-electron chi connectivity index (χ4n) is 9.34. The van der Waals surface area contributed by atoms with E-state index in [9.17, 15) is 0 Å². The molecule has 0 spiro atoms. The Morgan fingerprint density at radius 1 is 0.364 bits per heavy atom. The van der Waals surface area contributed by atoms with E-state index in [-0.39, 0.29) is 5.92 Å². The number of para-hydroxylation sites is 2. The molecular weight excluding hydrogens is 667 g/mol. The van der Waals surface area contributed by atoms with Crippen LogP contribution in [0.15, 0.2) is 199 Å². The molecule has 0 aliphatic heterocycles. The maximum Gasteiger partial charge on any atom is 0.135 e. The molecule has 0 saturated carbocycles. The van der Waals surface area contributed by atoms with Crippen LogP contribution in [-0.2, 0) is 0 Å². The van der Waals surface area contributed by atoms with Crippen LogP contribution in [0.25, 0.3) is 93.6 Å². The largest absolute Gasteiger partial charge is 0.456 e. The van der Waals surface area contributed by atoms with E-state index in [0.29, 0.717) is 0 Å². The fraction of sp³-hybridized carbons (Fsp3) is 0.0189. The topological polar surface area (TPSA) is 18.1 Å². The van der Waals surface area contributed by atoms with Crippen LogP contribution in [0.5, 0.6) is 0 Å². The Hall–Kier alpha value is -7.16. The van der Waals surface area contributed by atoms with E-state index in [1.807, 2.05) is 12.1 Å². The molecule has 2 aromatic heterocycles. The number of benzene rings is 9. The van der Waals surface area contributed by atoms with Gasteiger partial charge < -0.3 is 8.98 Å². The fourth-order valence-corrected chi connectivity index (χ4v) is 9.34. The van der Waals surface area contributed by atoms with Crippen molar-refractivity contribution in [3.63, 3.8) is 0 Å². The highest BCUT2D eigenvalue weighted by atomic mass is 16.3. The summed E-state index contributed by atoms with van der Waals surface area (Å²) < 4.78 is 8.60. The third kappa shape index (κ3) is 4.55. The Labute approximate surface area is 318 Å². The molecule has 1 atom stereocenters. The van der Waals surface area contributed by atoms with Crippen molar-refractivity contribution in [3.8, 4) is 39.1 Å². The maximum absolute atomic E-state index is 6.13. The Morgan fingerprint density at radius 2 is 1.02 bits per heavy atom. The van der Waals surface area contributed by atoms with Gasteiger partial charge in [-0.2, -0.15) is 0 Å². The van der Waals surface area contributed by atoms with Gasteiger partial charge in [0.15, 0.2) is 0 Å². The SMILES string of the molecule is c1ccc(C2c3ccccc3-c3cc(-c4ccc5c6ccccc6n(-c6cccc7cc(-c8ccc9oc%10ccccc%10c9c8)ccc67)c5c4)ccc32)cc1. The molecule has 1 aliphatic rings.